The first-order valence-electron chi connectivity index (χ1n) is 8.73. The molecule has 2 aromatic carbocycles. The number of halogens is 1. The average Bonchev–Trinajstić information content (AvgIpc) is 2.86. The summed E-state index contributed by atoms with van der Waals surface area (Å²) in [6, 6.07) is 12.9. The Labute approximate surface area is 158 Å². The number of aryl methyl sites for hydroxylation is 1. The van der Waals surface area contributed by atoms with Crippen LogP contribution in [-0.2, 0) is 11.2 Å². The monoisotopic (exact) mass is 367 g/mol. The number of fused-ring (bicyclic) bond motifs is 1. The smallest absolute Gasteiger partial charge is 0.262 e. The van der Waals surface area contributed by atoms with Gasteiger partial charge in [0.2, 0.25) is 0 Å². The van der Waals surface area contributed by atoms with Gasteiger partial charge in [-0.05, 0) is 55.8 Å². The molecule has 3 aromatic rings. The van der Waals surface area contributed by atoms with Gasteiger partial charge in [0, 0.05) is 34.0 Å². The van der Waals surface area contributed by atoms with Crippen molar-refractivity contribution in [3.8, 4) is 0 Å². The van der Waals surface area contributed by atoms with E-state index in [-0.39, 0.29) is 17.6 Å². The molecule has 0 saturated carbocycles. The van der Waals surface area contributed by atoms with Crippen LogP contribution >= 0.6 is 11.6 Å². The van der Waals surface area contributed by atoms with Crippen molar-refractivity contribution in [2.24, 2.45) is 5.92 Å². The lowest BCUT2D eigenvalue weighted by molar-refractivity contribution is -0.121. The molecule has 0 aliphatic carbocycles. The summed E-state index contributed by atoms with van der Waals surface area (Å²) in [5.74, 6) is 0.0217. The fourth-order valence-corrected chi connectivity index (χ4v) is 3.31. The van der Waals surface area contributed by atoms with E-state index in [2.05, 4.69) is 6.07 Å². The minimum Gasteiger partial charge on any atom is -0.299 e. The second kappa shape index (κ2) is 7.08. The van der Waals surface area contributed by atoms with Crippen LogP contribution in [0.25, 0.3) is 10.9 Å². The molecule has 0 aliphatic heterocycles. The number of hydrogen-bond acceptors (Lipinski definition) is 2. The van der Waals surface area contributed by atoms with Crippen LogP contribution in [0.1, 0.15) is 41.0 Å². The summed E-state index contributed by atoms with van der Waals surface area (Å²) in [7, 11) is 0. The molecule has 0 unspecified atom stereocenters. The van der Waals surface area contributed by atoms with E-state index < -0.39 is 0 Å². The van der Waals surface area contributed by atoms with Crippen molar-refractivity contribution in [1.82, 2.24) is 4.57 Å². The van der Waals surface area contributed by atoms with Crippen LogP contribution in [0, 0.1) is 19.8 Å². The largest absolute Gasteiger partial charge is 0.299 e. The van der Waals surface area contributed by atoms with Crippen molar-refractivity contribution in [2.45, 2.75) is 34.1 Å². The highest BCUT2D eigenvalue weighted by Gasteiger charge is 2.22. The van der Waals surface area contributed by atoms with Crippen LogP contribution in [-0.4, -0.2) is 16.3 Å². The maximum absolute atomic E-state index is 13.1. The second-order valence-corrected chi connectivity index (χ2v) is 7.47. The van der Waals surface area contributed by atoms with Crippen molar-refractivity contribution >= 4 is 34.2 Å². The van der Waals surface area contributed by atoms with Gasteiger partial charge in [-0.15, -0.1) is 0 Å². The third-order valence-electron chi connectivity index (χ3n) is 4.78. The number of carbonyl (C=O) groups is 2. The summed E-state index contributed by atoms with van der Waals surface area (Å²) in [4.78, 5) is 25.5. The third kappa shape index (κ3) is 3.32. The molecule has 0 N–H and O–H groups in total. The van der Waals surface area contributed by atoms with E-state index in [1.807, 2.05) is 39.8 Å². The lowest BCUT2D eigenvalue weighted by Gasteiger charge is -2.08. The van der Waals surface area contributed by atoms with Crippen LogP contribution in [0.15, 0.2) is 42.5 Å². The fourth-order valence-electron chi connectivity index (χ4n) is 3.18. The molecule has 0 radical (unpaired) electrons. The predicted molar refractivity (Wildman–Crippen MR) is 106 cm³/mol. The first kappa shape index (κ1) is 18.4. The number of rotatable bonds is 4. The van der Waals surface area contributed by atoms with E-state index in [0.29, 0.717) is 17.0 Å². The summed E-state index contributed by atoms with van der Waals surface area (Å²) >= 11 is 5.94. The van der Waals surface area contributed by atoms with Crippen molar-refractivity contribution in [3.63, 3.8) is 0 Å². The summed E-state index contributed by atoms with van der Waals surface area (Å²) in [5.41, 5.74) is 4.26. The van der Waals surface area contributed by atoms with E-state index in [1.165, 1.54) is 0 Å². The predicted octanol–water partition coefficient (Wildman–Crippen LogP) is 5.37. The summed E-state index contributed by atoms with van der Waals surface area (Å²) in [6.07, 6.45) is 0.338. The molecule has 0 amide bonds. The Bertz CT molecular complexity index is 997. The molecular formula is C22H22ClNO2. The zero-order valence-corrected chi connectivity index (χ0v) is 16.2. The molecule has 0 saturated heterocycles. The average molecular weight is 368 g/mol. The van der Waals surface area contributed by atoms with Gasteiger partial charge in [0.25, 0.3) is 5.91 Å². The molecule has 0 bridgehead atoms. The zero-order valence-electron chi connectivity index (χ0n) is 15.5. The SMILES string of the molecule is Cc1ccc2c(c1)c(CC(=O)C(C)C)c(C)n2C(=O)c1ccc(Cl)cc1. The van der Waals surface area contributed by atoms with Crippen LogP contribution in [0.2, 0.25) is 5.02 Å². The third-order valence-corrected chi connectivity index (χ3v) is 5.03. The second-order valence-electron chi connectivity index (χ2n) is 7.03. The molecule has 3 rings (SSSR count). The normalized spacial score (nSPS) is 11.3. The molecule has 0 atom stereocenters. The molecule has 134 valence electrons. The van der Waals surface area contributed by atoms with Gasteiger partial charge in [0.15, 0.2) is 0 Å². The Morgan fingerprint density at radius 3 is 2.31 bits per heavy atom. The van der Waals surface area contributed by atoms with Crippen LogP contribution in [0.3, 0.4) is 0 Å². The number of ketones is 1. The first-order valence-corrected chi connectivity index (χ1v) is 9.11. The zero-order chi connectivity index (χ0) is 19.0. The molecule has 0 spiro atoms. The number of benzene rings is 2. The lowest BCUT2D eigenvalue weighted by atomic mass is 9.98. The maximum Gasteiger partial charge on any atom is 0.262 e. The van der Waals surface area contributed by atoms with Gasteiger partial charge in [-0.1, -0.05) is 37.1 Å². The highest BCUT2D eigenvalue weighted by Crippen LogP contribution is 2.29. The Balaban J connectivity index is 2.19. The number of aromatic nitrogens is 1. The maximum atomic E-state index is 13.1. The minimum atomic E-state index is -0.115. The Kier molecular flexibility index (Phi) is 5.01. The first-order chi connectivity index (χ1) is 12.3. The molecular weight excluding hydrogens is 346 g/mol. The van der Waals surface area contributed by atoms with Crippen molar-refractivity contribution in [2.75, 3.05) is 0 Å². The van der Waals surface area contributed by atoms with E-state index >= 15 is 0 Å². The highest BCUT2D eigenvalue weighted by atomic mass is 35.5. The van der Waals surface area contributed by atoms with Crippen LogP contribution in [0.5, 0.6) is 0 Å². The van der Waals surface area contributed by atoms with Gasteiger partial charge in [-0.25, -0.2) is 0 Å². The number of nitrogens with zero attached hydrogens (tertiary/aromatic N) is 1. The summed E-state index contributed by atoms with van der Waals surface area (Å²) in [6.45, 7) is 7.73. The minimum absolute atomic E-state index is 0.0374. The van der Waals surface area contributed by atoms with Gasteiger partial charge >= 0.3 is 0 Å². The standard InChI is InChI=1S/C22H22ClNO2/c1-13(2)21(25)12-18-15(4)24(20-10-5-14(3)11-19(18)20)22(26)16-6-8-17(23)9-7-16/h5-11,13H,12H2,1-4H3. The molecule has 1 heterocycles. The molecule has 4 heteroatoms. The van der Waals surface area contributed by atoms with Crippen molar-refractivity contribution in [1.29, 1.82) is 0 Å². The number of carbonyl (C=O) groups excluding carboxylic acids is 2. The number of hydrogen-bond donors (Lipinski definition) is 0. The van der Waals surface area contributed by atoms with Gasteiger partial charge in [0.05, 0.1) is 5.52 Å². The number of Topliss-reactive ketones (excluding diaryl/α,β-unsaturated/α-hetero) is 1. The fraction of sp³-hybridized carbons (Fsp3) is 0.273. The molecule has 0 fully saturated rings. The van der Waals surface area contributed by atoms with Gasteiger partial charge in [0.1, 0.15) is 5.78 Å². The van der Waals surface area contributed by atoms with Gasteiger partial charge in [-0.3, -0.25) is 14.2 Å². The molecule has 0 aliphatic rings. The van der Waals surface area contributed by atoms with E-state index in [0.717, 1.165) is 27.7 Å². The summed E-state index contributed by atoms with van der Waals surface area (Å²) in [5, 5.41) is 1.56. The van der Waals surface area contributed by atoms with Crippen LogP contribution < -0.4 is 0 Å². The van der Waals surface area contributed by atoms with Gasteiger partial charge < -0.3 is 0 Å². The van der Waals surface area contributed by atoms with Crippen LogP contribution in [0.4, 0.5) is 0 Å². The van der Waals surface area contributed by atoms with E-state index in [4.69, 9.17) is 11.6 Å². The quantitative estimate of drug-likeness (QED) is 0.622. The molecule has 3 nitrogen and oxygen atoms in total. The van der Waals surface area contributed by atoms with Crippen molar-refractivity contribution < 1.29 is 9.59 Å². The highest BCUT2D eigenvalue weighted by molar-refractivity contribution is 6.30. The lowest BCUT2D eigenvalue weighted by Crippen LogP contribution is -2.15. The van der Waals surface area contributed by atoms with Gasteiger partial charge in [-0.2, -0.15) is 0 Å². The molecule has 1 aromatic heterocycles. The van der Waals surface area contributed by atoms with E-state index in [1.54, 1.807) is 28.8 Å². The Hall–Kier alpha value is -2.39. The Morgan fingerprint density at radius 2 is 1.69 bits per heavy atom. The summed E-state index contributed by atoms with van der Waals surface area (Å²) < 4.78 is 1.71. The molecule has 26 heavy (non-hydrogen) atoms. The van der Waals surface area contributed by atoms with Crippen molar-refractivity contribution in [3.05, 3.63) is 69.9 Å². The Morgan fingerprint density at radius 1 is 1.04 bits per heavy atom. The van der Waals surface area contributed by atoms with E-state index in [9.17, 15) is 9.59 Å². The topological polar surface area (TPSA) is 39.1 Å².